The fraction of sp³-hybridized carbons (Fsp3) is 0.278. The average molecular weight is 418 g/mol. The molecule has 0 unspecified atom stereocenters. The predicted molar refractivity (Wildman–Crippen MR) is 108 cm³/mol. The molecule has 2 N–H and O–H groups in total. The molecule has 1 aromatic carbocycles. The zero-order chi connectivity index (χ0) is 19.9. The second-order valence-corrected chi connectivity index (χ2v) is 7.55. The Kier molecular flexibility index (Phi) is 6.77. The monoisotopic (exact) mass is 417 g/mol. The van der Waals surface area contributed by atoms with Crippen molar-refractivity contribution in [1.29, 1.82) is 0 Å². The van der Waals surface area contributed by atoms with Crippen molar-refractivity contribution >= 4 is 40.1 Å². The van der Waals surface area contributed by atoms with Gasteiger partial charge < -0.3 is 10.1 Å². The van der Waals surface area contributed by atoms with Crippen molar-refractivity contribution in [2.24, 2.45) is 0 Å². The summed E-state index contributed by atoms with van der Waals surface area (Å²) in [6, 6.07) is 8.10. The first-order valence-electron chi connectivity index (χ1n) is 8.53. The summed E-state index contributed by atoms with van der Waals surface area (Å²) in [7, 11) is 1.32. The highest BCUT2D eigenvalue weighted by molar-refractivity contribution is 7.99. The molecule has 0 radical (unpaired) electrons. The van der Waals surface area contributed by atoms with Crippen molar-refractivity contribution in [3.05, 3.63) is 40.9 Å². The van der Waals surface area contributed by atoms with Crippen molar-refractivity contribution in [2.45, 2.75) is 24.9 Å². The Labute approximate surface area is 170 Å². The Balaban J connectivity index is 1.51. The van der Waals surface area contributed by atoms with Crippen LogP contribution in [-0.4, -0.2) is 44.9 Å². The molecule has 2 heterocycles. The number of ether oxygens (including phenoxy) is 1. The van der Waals surface area contributed by atoms with Crippen LogP contribution in [0.15, 0.2) is 34.8 Å². The predicted octanol–water partition coefficient (Wildman–Crippen LogP) is 2.94. The highest BCUT2D eigenvalue weighted by Crippen LogP contribution is 2.21. The van der Waals surface area contributed by atoms with E-state index in [2.05, 4.69) is 49.3 Å². The molecule has 146 valence electrons. The molecule has 0 spiro atoms. The van der Waals surface area contributed by atoms with Crippen molar-refractivity contribution in [3.63, 3.8) is 0 Å². The molecule has 2 aromatic heterocycles. The number of aryl methyl sites for hydroxylation is 1. The summed E-state index contributed by atoms with van der Waals surface area (Å²) < 4.78 is 4.60. The number of nitrogens with zero attached hydrogens (tertiary/aromatic N) is 3. The highest BCUT2D eigenvalue weighted by atomic mass is 32.2. The number of amides is 1. The van der Waals surface area contributed by atoms with Crippen LogP contribution in [0.25, 0.3) is 11.4 Å². The molecular formula is C18H19N5O3S2. The number of hydrogen-bond donors (Lipinski definition) is 2. The zero-order valence-electron chi connectivity index (χ0n) is 15.4. The summed E-state index contributed by atoms with van der Waals surface area (Å²) in [5.74, 6) is 0.224. The SMILES string of the molecule is CCc1ccc(-c2nc(SCC(=O)Nc3nc(CC(=O)OC)cs3)n[nH]2)cc1. The number of H-pyrrole nitrogens is 1. The topological polar surface area (TPSA) is 110 Å². The van der Waals surface area contributed by atoms with E-state index < -0.39 is 0 Å². The van der Waals surface area contributed by atoms with Crippen LogP contribution in [-0.2, 0) is 27.2 Å². The van der Waals surface area contributed by atoms with Crippen molar-refractivity contribution < 1.29 is 14.3 Å². The van der Waals surface area contributed by atoms with E-state index in [9.17, 15) is 9.59 Å². The molecule has 3 aromatic rings. The number of benzene rings is 1. The number of hydrogen-bond acceptors (Lipinski definition) is 8. The zero-order valence-corrected chi connectivity index (χ0v) is 17.0. The Morgan fingerprint density at radius 3 is 2.75 bits per heavy atom. The lowest BCUT2D eigenvalue weighted by molar-refractivity contribution is -0.139. The molecule has 0 bridgehead atoms. The lowest BCUT2D eigenvalue weighted by atomic mass is 10.1. The summed E-state index contributed by atoms with van der Waals surface area (Å²) in [6.07, 6.45) is 1.06. The molecule has 0 aliphatic rings. The number of anilines is 1. The van der Waals surface area contributed by atoms with E-state index in [4.69, 9.17) is 0 Å². The van der Waals surface area contributed by atoms with Gasteiger partial charge in [0.05, 0.1) is 25.0 Å². The maximum atomic E-state index is 12.1. The first kappa shape index (κ1) is 20.0. The molecule has 8 nitrogen and oxygen atoms in total. The van der Waals surface area contributed by atoms with E-state index in [1.165, 1.54) is 35.8 Å². The van der Waals surface area contributed by atoms with Crippen LogP contribution in [0, 0.1) is 0 Å². The number of esters is 1. The molecule has 0 aliphatic carbocycles. The van der Waals surface area contributed by atoms with Crippen LogP contribution in [0.4, 0.5) is 5.13 Å². The maximum Gasteiger partial charge on any atom is 0.311 e. The smallest absolute Gasteiger partial charge is 0.311 e. The summed E-state index contributed by atoms with van der Waals surface area (Å²) in [5, 5.41) is 12.4. The van der Waals surface area contributed by atoms with E-state index in [0.717, 1.165) is 12.0 Å². The Bertz CT molecular complexity index is 952. The molecule has 0 atom stereocenters. The fourth-order valence-electron chi connectivity index (χ4n) is 2.29. The minimum absolute atomic E-state index is 0.0802. The largest absolute Gasteiger partial charge is 0.469 e. The highest BCUT2D eigenvalue weighted by Gasteiger charge is 2.12. The van der Waals surface area contributed by atoms with Gasteiger partial charge in [0.2, 0.25) is 11.1 Å². The number of carbonyl (C=O) groups is 2. The summed E-state index contributed by atoms with van der Waals surface area (Å²) >= 11 is 2.49. The number of thioether (sulfide) groups is 1. The van der Waals surface area contributed by atoms with E-state index in [-0.39, 0.29) is 24.1 Å². The van der Waals surface area contributed by atoms with Gasteiger partial charge in [-0.1, -0.05) is 43.0 Å². The lowest BCUT2D eigenvalue weighted by Crippen LogP contribution is -2.14. The molecule has 0 saturated carbocycles. The lowest BCUT2D eigenvalue weighted by Gasteiger charge is -2.00. The van der Waals surface area contributed by atoms with Crippen LogP contribution in [0.5, 0.6) is 0 Å². The van der Waals surface area contributed by atoms with Gasteiger partial charge in [0.25, 0.3) is 0 Å². The van der Waals surface area contributed by atoms with Crippen LogP contribution >= 0.6 is 23.1 Å². The maximum absolute atomic E-state index is 12.1. The van der Waals surface area contributed by atoms with Gasteiger partial charge >= 0.3 is 5.97 Å². The third-order valence-electron chi connectivity index (χ3n) is 3.78. The molecule has 10 heteroatoms. The van der Waals surface area contributed by atoms with Gasteiger partial charge in [0, 0.05) is 10.9 Å². The normalized spacial score (nSPS) is 10.6. The summed E-state index contributed by atoms with van der Waals surface area (Å²) in [5.41, 5.74) is 2.76. The van der Waals surface area contributed by atoms with Gasteiger partial charge in [-0.05, 0) is 12.0 Å². The molecule has 1 amide bonds. The quantitative estimate of drug-likeness (QED) is 0.428. The van der Waals surface area contributed by atoms with Crippen LogP contribution in [0.1, 0.15) is 18.2 Å². The number of rotatable bonds is 8. The van der Waals surface area contributed by atoms with Gasteiger partial charge in [-0.25, -0.2) is 9.97 Å². The molecule has 0 fully saturated rings. The van der Waals surface area contributed by atoms with Gasteiger partial charge in [-0.3, -0.25) is 14.7 Å². The fourth-order valence-corrected chi connectivity index (χ4v) is 3.61. The van der Waals surface area contributed by atoms with E-state index >= 15 is 0 Å². The summed E-state index contributed by atoms with van der Waals surface area (Å²) in [4.78, 5) is 31.9. The number of nitrogens with one attached hydrogen (secondary N) is 2. The van der Waals surface area contributed by atoms with Crippen molar-refractivity contribution in [1.82, 2.24) is 20.2 Å². The second-order valence-electron chi connectivity index (χ2n) is 5.75. The number of methoxy groups -OCH3 is 1. The van der Waals surface area contributed by atoms with Crippen LogP contribution in [0.2, 0.25) is 0 Å². The van der Waals surface area contributed by atoms with Crippen molar-refractivity contribution in [3.8, 4) is 11.4 Å². The van der Waals surface area contributed by atoms with E-state index in [1.807, 2.05) is 12.1 Å². The van der Waals surface area contributed by atoms with E-state index in [0.29, 0.717) is 21.8 Å². The third-order valence-corrected chi connectivity index (χ3v) is 5.44. The molecule has 3 rings (SSSR count). The van der Waals surface area contributed by atoms with Gasteiger partial charge in [-0.15, -0.1) is 16.4 Å². The Hall–Kier alpha value is -2.72. The number of carbonyl (C=O) groups excluding carboxylic acids is 2. The first-order valence-corrected chi connectivity index (χ1v) is 10.4. The summed E-state index contributed by atoms with van der Waals surface area (Å²) in [6.45, 7) is 2.11. The minimum Gasteiger partial charge on any atom is -0.469 e. The molecular weight excluding hydrogens is 398 g/mol. The minimum atomic E-state index is -0.372. The Morgan fingerprint density at radius 1 is 1.25 bits per heavy atom. The van der Waals surface area contributed by atoms with Gasteiger partial charge in [0.15, 0.2) is 11.0 Å². The molecule has 28 heavy (non-hydrogen) atoms. The molecule has 0 saturated heterocycles. The number of aromatic nitrogens is 4. The van der Waals surface area contributed by atoms with Crippen LogP contribution < -0.4 is 5.32 Å². The third kappa shape index (κ3) is 5.40. The first-order chi connectivity index (χ1) is 13.6. The number of aromatic amines is 1. The van der Waals surface area contributed by atoms with Gasteiger partial charge in [0.1, 0.15) is 0 Å². The van der Waals surface area contributed by atoms with E-state index in [1.54, 1.807) is 5.38 Å². The Morgan fingerprint density at radius 2 is 2.04 bits per heavy atom. The van der Waals surface area contributed by atoms with Gasteiger partial charge in [-0.2, -0.15) is 0 Å². The average Bonchev–Trinajstić information content (AvgIpc) is 3.36. The number of thiazole rings is 1. The standard InChI is InChI=1S/C18H19N5O3S2/c1-3-11-4-6-12(7-5-11)16-21-18(23-22-16)28-10-14(24)20-17-19-13(9-27-17)8-15(25)26-2/h4-7,9H,3,8,10H2,1-2H3,(H,19,20,24)(H,21,22,23). The van der Waals surface area contributed by atoms with Crippen molar-refractivity contribution in [2.75, 3.05) is 18.2 Å². The van der Waals surface area contributed by atoms with Crippen LogP contribution in [0.3, 0.4) is 0 Å². The molecule has 0 aliphatic heterocycles. The second kappa shape index (κ2) is 9.47.